The Morgan fingerprint density at radius 2 is 1.70 bits per heavy atom. The van der Waals surface area contributed by atoms with Crippen LogP contribution in [0.2, 0.25) is 0 Å². The molecular formula is C21H20N2O4. The van der Waals surface area contributed by atoms with Gasteiger partial charge in [-0.3, -0.25) is 9.36 Å². The van der Waals surface area contributed by atoms with E-state index in [9.17, 15) is 9.59 Å². The number of anilines is 1. The second kappa shape index (κ2) is 7.25. The average molecular weight is 364 g/mol. The van der Waals surface area contributed by atoms with Crippen molar-refractivity contribution in [2.75, 3.05) is 38.3 Å². The molecule has 0 radical (unpaired) electrons. The number of esters is 1. The molecule has 2 heterocycles. The molecule has 2 aromatic carbocycles. The number of aromatic nitrogens is 1. The van der Waals surface area contributed by atoms with Crippen LogP contribution in [-0.2, 0) is 9.47 Å². The number of carbonyl (C=O) groups excluding carboxylic acids is 2. The molecule has 6 nitrogen and oxygen atoms in total. The van der Waals surface area contributed by atoms with Gasteiger partial charge in [0, 0.05) is 35.9 Å². The fourth-order valence-corrected chi connectivity index (χ4v) is 3.40. The van der Waals surface area contributed by atoms with Gasteiger partial charge in [-0.05, 0) is 30.3 Å². The Morgan fingerprint density at radius 1 is 1.00 bits per heavy atom. The van der Waals surface area contributed by atoms with Gasteiger partial charge in [-0.15, -0.1) is 0 Å². The lowest BCUT2D eigenvalue weighted by Crippen LogP contribution is -2.36. The molecule has 138 valence electrons. The standard InChI is InChI=1S/C21H20N2O4/c1-26-21(25)18-14-23(19-5-3-2-4-17(18)19)20(24)15-6-8-16(9-7-15)22-10-12-27-13-11-22/h2-9,14H,10-13H2,1H3. The summed E-state index contributed by atoms with van der Waals surface area (Å²) in [5, 5.41) is 0.697. The van der Waals surface area contributed by atoms with Crippen molar-refractivity contribution in [3.8, 4) is 0 Å². The van der Waals surface area contributed by atoms with E-state index in [0.717, 1.165) is 18.8 Å². The zero-order chi connectivity index (χ0) is 18.8. The molecule has 0 atom stereocenters. The first kappa shape index (κ1) is 17.3. The minimum atomic E-state index is -0.458. The summed E-state index contributed by atoms with van der Waals surface area (Å²) >= 11 is 0. The summed E-state index contributed by atoms with van der Waals surface area (Å²) < 4.78 is 11.7. The number of para-hydroxylation sites is 1. The first-order chi connectivity index (χ1) is 13.2. The summed E-state index contributed by atoms with van der Waals surface area (Å²) in [6.07, 6.45) is 1.55. The first-order valence-electron chi connectivity index (χ1n) is 8.85. The highest BCUT2D eigenvalue weighted by atomic mass is 16.5. The number of carbonyl (C=O) groups is 2. The number of morpholine rings is 1. The highest BCUT2D eigenvalue weighted by Gasteiger charge is 2.20. The van der Waals surface area contributed by atoms with E-state index in [0.29, 0.717) is 35.2 Å². The van der Waals surface area contributed by atoms with Gasteiger partial charge >= 0.3 is 5.97 Å². The van der Waals surface area contributed by atoms with Gasteiger partial charge in [-0.1, -0.05) is 18.2 Å². The molecule has 0 amide bonds. The van der Waals surface area contributed by atoms with Crippen molar-refractivity contribution in [2.24, 2.45) is 0 Å². The topological polar surface area (TPSA) is 60.8 Å². The number of hydrogen-bond acceptors (Lipinski definition) is 5. The molecule has 1 fully saturated rings. The van der Waals surface area contributed by atoms with Crippen molar-refractivity contribution in [1.29, 1.82) is 0 Å². The molecule has 0 bridgehead atoms. The van der Waals surface area contributed by atoms with Crippen LogP contribution in [0.3, 0.4) is 0 Å². The van der Waals surface area contributed by atoms with Crippen molar-refractivity contribution in [3.63, 3.8) is 0 Å². The van der Waals surface area contributed by atoms with Crippen LogP contribution in [0, 0.1) is 0 Å². The molecule has 0 aliphatic carbocycles. The molecule has 27 heavy (non-hydrogen) atoms. The molecule has 0 saturated carbocycles. The summed E-state index contributed by atoms with van der Waals surface area (Å²) in [5.41, 5.74) is 2.69. The van der Waals surface area contributed by atoms with Crippen LogP contribution in [0.15, 0.2) is 54.7 Å². The van der Waals surface area contributed by atoms with Gasteiger partial charge in [0.25, 0.3) is 5.91 Å². The fourth-order valence-electron chi connectivity index (χ4n) is 3.40. The summed E-state index contributed by atoms with van der Waals surface area (Å²) in [6, 6.07) is 14.8. The summed E-state index contributed by atoms with van der Waals surface area (Å²) in [5.74, 6) is -0.643. The number of fused-ring (bicyclic) bond motifs is 1. The second-order valence-corrected chi connectivity index (χ2v) is 6.37. The molecule has 0 unspecified atom stereocenters. The summed E-state index contributed by atoms with van der Waals surface area (Å²) in [4.78, 5) is 27.3. The SMILES string of the molecule is COC(=O)c1cn(C(=O)c2ccc(N3CCOCC3)cc2)c2ccccc12. The number of methoxy groups -OCH3 is 1. The molecule has 1 aromatic heterocycles. The second-order valence-electron chi connectivity index (χ2n) is 6.37. The Labute approximate surface area is 156 Å². The molecular weight excluding hydrogens is 344 g/mol. The van der Waals surface area contributed by atoms with Gasteiger partial charge in [0.15, 0.2) is 0 Å². The van der Waals surface area contributed by atoms with Crippen LogP contribution in [-0.4, -0.2) is 49.9 Å². The van der Waals surface area contributed by atoms with Crippen LogP contribution >= 0.6 is 0 Å². The maximum Gasteiger partial charge on any atom is 0.340 e. The van der Waals surface area contributed by atoms with Crippen molar-refractivity contribution >= 4 is 28.5 Å². The fraction of sp³-hybridized carbons (Fsp3) is 0.238. The highest BCUT2D eigenvalue weighted by molar-refractivity contribution is 6.10. The lowest BCUT2D eigenvalue weighted by atomic mass is 10.1. The zero-order valence-electron chi connectivity index (χ0n) is 15.1. The van der Waals surface area contributed by atoms with Crippen molar-refractivity contribution < 1.29 is 19.1 Å². The first-order valence-corrected chi connectivity index (χ1v) is 8.85. The summed E-state index contributed by atoms with van der Waals surface area (Å²) in [7, 11) is 1.33. The number of nitrogens with zero attached hydrogens (tertiary/aromatic N) is 2. The molecule has 3 aromatic rings. The average Bonchev–Trinajstić information content (AvgIpc) is 3.13. The van der Waals surface area contributed by atoms with Crippen LogP contribution in [0.25, 0.3) is 10.9 Å². The Kier molecular flexibility index (Phi) is 4.64. The van der Waals surface area contributed by atoms with Crippen molar-refractivity contribution in [1.82, 2.24) is 4.57 Å². The van der Waals surface area contributed by atoms with Crippen LogP contribution in [0.1, 0.15) is 20.7 Å². The third-order valence-electron chi connectivity index (χ3n) is 4.83. The minimum Gasteiger partial charge on any atom is -0.465 e. The quantitative estimate of drug-likeness (QED) is 0.669. The molecule has 0 spiro atoms. The van der Waals surface area contributed by atoms with E-state index in [-0.39, 0.29) is 5.91 Å². The van der Waals surface area contributed by atoms with Gasteiger partial charge in [0.2, 0.25) is 0 Å². The van der Waals surface area contributed by atoms with E-state index in [4.69, 9.17) is 9.47 Å². The number of ether oxygens (including phenoxy) is 2. The number of rotatable bonds is 3. The van der Waals surface area contributed by atoms with Crippen molar-refractivity contribution in [2.45, 2.75) is 0 Å². The Bertz CT molecular complexity index is 985. The Balaban J connectivity index is 1.67. The van der Waals surface area contributed by atoms with Gasteiger partial charge in [0.05, 0.1) is 31.4 Å². The monoisotopic (exact) mass is 364 g/mol. The van der Waals surface area contributed by atoms with E-state index < -0.39 is 5.97 Å². The maximum atomic E-state index is 13.0. The van der Waals surface area contributed by atoms with E-state index in [1.54, 1.807) is 6.20 Å². The van der Waals surface area contributed by atoms with E-state index in [1.165, 1.54) is 11.7 Å². The van der Waals surface area contributed by atoms with E-state index >= 15 is 0 Å². The molecule has 1 aliphatic rings. The number of benzene rings is 2. The smallest absolute Gasteiger partial charge is 0.340 e. The van der Waals surface area contributed by atoms with Crippen LogP contribution in [0.4, 0.5) is 5.69 Å². The third kappa shape index (κ3) is 3.19. The van der Waals surface area contributed by atoms with Gasteiger partial charge in [0.1, 0.15) is 0 Å². The minimum absolute atomic E-state index is 0.185. The van der Waals surface area contributed by atoms with Crippen molar-refractivity contribution in [3.05, 3.63) is 65.9 Å². The van der Waals surface area contributed by atoms with Gasteiger partial charge in [-0.25, -0.2) is 4.79 Å². The van der Waals surface area contributed by atoms with Gasteiger partial charge < -0.3 is 14.4 Å². The lowest BCUT2D eigenvalue weighted by molar-refractivity contribution is 0.0603. The molecule has 6 heteroatoms. The number of hydrogen-bond donors (Lipinski definition) is 0. The third-order valence-corrected chi connectivity index (χ3v) is 4.83. The normalized spacial score (nSPS) is 14.3. The molecule has 4 rings (SSSR count). The zero-order valence-corrected chi connectivity index (χ0v) is 15.1. The van der Waals surface area contributed by atoms with E-state index in [1.807, 2.05) is 48.5 Å². The Hall–Kier alpha value is -3.12. The van der Waals surface area contributed by atoms with Crippen LogP contribution < -0.4 is 4.90 Å². The molecule has 1 aliphatic heterocycles. The lowest BCUT2D eigenvalue weighted by Gasteiger charge is -2.28. The predicted octanol–water partition coefficient (Wildman–Crippen LogP) is 2.95. The largest absolute Gasteiger partial charge is 0.465 e. The maximum absolute atomic E-state index is 13.0. The highest BCUT2D eigenvalue weighted by Crippen LogP contribution is 2.24. The summed E-state index contributed by atoms with van der Waals surface area (Å²) in [6.45, 7) is 3.12. The van der Waals surface area contributed by atoms with Gasteiger partial charge in [-0.2, -0.15) is 0 Å². The molecule has 0 N–H and O–H groups in total. The van der Waals surface area contributed by atoms with Crippen LogP contribution in [0.5, 0.6) is 0 Å². The predicted molar refractivity (Wildman–Crippen MR) is 102 cm³/mol. The Morgan fingerprint density at radius 3 is 2.41 bits per heavy atom. The van der Waals surface area contributed by atoms with E-state index in [2.05, 4.69) is 4.90 Å². The molecule has 1 saturated heterocycles.